The Morgan fingerprint density at radius 2 is 2.10 bits per heavy atom. The van der Waals surface area contributed by atoms with Crippen molar-refractivity contribution < 1.29 is 9.26 Å². The Hall–Kier alpha value is -2.27. The summed E-state index contributed by atoms with van der Waals surface area (Å²) in [4.78, 5) is 8.87. The molecule has 1 saturated heterocycles. The molecule has 1 fully saturated rings. The molecule has 4 rings (SSSR count). The van der Waals surface area contributed by atoms with Gasteiger partial charge >= 0.3 is 0 Å². The lowest BCUT2D eigenvalue weighted by Gasteiger charge is -2.01. The summed E-state index contributed by atoms with van der Waals surface area (Å²) >= 11 is 0. The van der Waals surface area contributed by atoms with Gasteiger partial charge < -0.3 is 9.26 Å². The van der Waals surface area contributed by atoms with E-state index in [1.54, 1.807) is 6.20 Å². The molecule has 5 nitrogen and oxygen atoms in total. The molecule has 0 amide bonds. The standard InChI is InChI=1S/C15H13N3O2/c1-2-4-13-11(3-1)12(5-7-16-13)15-17-14(18-20-15)10-6-8-19-9-10/h1-5,7,10H,6,8-9H2. The van der Waals surface area contributed by atoms with Crippen LogP contribution in [0, 0.1) is 0 Å². The molecule has 0 saturated carbocycles. The molecule has 1 aliphatic rings. The van der Waals surface area contributed by atoms with Gasteiger partial charge in [0.15, 0.2) is 5.82 Å². The number of para-hydroxylation sites is 1. The van der Waals surface area contributed by atoms with Crippen LogP contribution in [0.2, 0.25) is 0 Å². The SMILES string of the molecule is c1ccc2c(-c3nc(C4CCOC4)no3)ccnc2c1. The average Bonchev–Trinajstić information content (AvgIpc) is 3.17. The Bertz CT molecular complexity index is 742. The maximum absolute atomic E-state index is 5.43. The number of hydrogen-bond donors (Lipinski definition) is 0. The van der Waals surface area contributed by atoms with Gasteiger partial charge in [0.05, 0.1) is 17.7 Å². The fourth-order valence-electron chi connectivity index (χ4n) is 2.53. The normalized spacial score (nSPS) is 18.7. The van der Waals surface area contributed by atoms with Gasteiger partial charge in [-0.1, -0.05) is 23.4 Å². The summed E-state index contributed by atoms with van der Waals surface area (Å²) in [5, 5.41) is 5.12. The van der Waals surface area contributed by atoms with Gasteiger partial charge in [0.25, 0.3) is 5.89 Å². The minimum Gasteiger partial charge on any atom is -0.381 e. The van der Waals surface area contributed by atoms with Gasteiger partial charge in [0, 0.05) is 24.1 Å². The number of aromatic nitrogens is 3. The topological polar surface area (TPSA) is 61.0 Å². The lowest BCUT2D eigenvalue weighted by Crippen LogP contribution is -1.99. The molecule has 0 N–H and O–H groups in total. The van der Waals surface area contributed by atoms with Gasteiger partial charge in [-0.25, -0.2) is 0 Å². The first-order valence-corrected chi connectivity index (χ1v) is 6.67. The molecule has 1 aliphatic heterocycles. The third-order valence-corrected chi connectivity index (χ3v) is 3.62. The number of hydrogen-bond acceptors (Lipinski definition) is 5. The van der Waals surface area contributed by atoms with Crippen molar-refractivity contribution in [2.24, 2.45) is 0 Å². The van der Waals surface area contributed by atoms with E-state index in [1.165, 1.54) is 0 Å². The van der Waals surface area contributed by atoms with Gasteiger partial charge in [-0.15, -0.1) is 0 Å². The van der Waals surface area contributed by atoms with Gasteiger partial charge in [-0.3, -0.25) is 4.98 Å². The lowest BCUT2D eigenvalue weighted by atomic mass is 10.1. The fraction of sp³-hybridized carbons (Fsp3) is 0.267. The number of fused-ring (bicyclic) bond motifs is 1. The monoisotopic (exact) mass is 267 g/mol. The summed E-state index contributed by atoms with van der Waals surface area (Å²) in [6, 6.07) is 9.84. The molecule has 100 valence electrons. The largest absolute Gasteiger partial charge is 0.381 e. The summed E-state index contributed by atoms with van der Waals surface area (Å²) in [5.74, 6) is 1.53. The van der Waals surface area contributed by atoms with Crippen LogP contribution < -0.4 is 0 Å². The molecule has 1 aromatic carbocycles. The summed E-state index contributed by atoms with van der Waals surface area (Å²) in [7, 11) is 0. The zero-order chi connectivity index (χ0) is 13.4. The van der Waals surface area contributed by atoms with Crippen molar-refractivity contribution in [2.45, 2.75) is 12.3 Å². The van der Waals surface area contributed by atoms with E-state index in [4.69, 9.17) is 9.26 Å². The van der Waals surface area contributed by atoms with E-state index < -0.39 is 0 Å². The maximum atomic E-state index is 5.43. The summed E-state index contributed by atoms with van der Waals surface area (Å²) in [6.45, 7) is 1.45. The molecule has 2 aromatic heterocycles. The van der Waals surface area contributed by atoms with E-state index in [0.29, 0.717) is 12.5 Å². The molecule has 20 heavy (non-hydrogen) atoms. The van der Waals surface area contributed by atoms with E-state index in [0.717, 1.165) is 35.3 Å². The molecule has 3 aromatic rings. The molecule has 1 atom stereocenters. The smallest absolute Gasteiger partial charge is 0.258 e. The minimum absolute atomic E-state index is 0.251. The van der Waals surface area contributed by atoms with Crippen LogP contribution in [-0.2, 0) is 4.74 Å². The molecule has 1 unspecified atom stereocenters. The molecule has 5 heteroatoms. The number of benzene rings is 1. The number of ether oxygens (including phenoxy) is 1. The zero-order valence-corrected chi connectivity index (χ0v) is 10.8. The highest BCUT2D eigenvalue weighted by molar-refractivity contribution is 5.91. The fourth-order valence-corrected chi connectivity index (χ4v) is 2.53. The highest BCUT2D eigenvalue weighted by Gasteiger charge is 2.23. The lowest BCUT2D eigenvalue weighted by molar-refractivity contribution is 0.192. The molecular weight excluding hydrogens is 254 g/mol. The number of rotatable bonds is 2. The second-order valence-electron chi connectivity index (χ2n) is 4.89. The van der Waals surface area contributed by atoms with Crippen molar-refractivity contribution in [1.29, 1.82) is 0 Å². The molecule has 0 aliphatic carbocycles. The highest BCUT2D eigenvalue weighted by Crippen LogP contribution is 2.29. The van der Waals surface area contributed by atoms with Crippen LogP contribution in [0.1, 0.15) is 18.2 Å². The second-order valence-corrected chi connectivity index (χ2v) is 4.89. The van der Waals surface area contributed by atoms with Crippen LogP contribution in [0.4, 0.5) is 0 Å². The average molecular weight is 267 g/mol. The van der Waals surface area contributed by atoms with E-state index in [9.17, 15) is 0 Å². The van der Waals surface area contributed by atoms with Crippen LogP contribution >= 0.6 is 0 Å². The quantitative estimate of drug-likeness (QED) is 0.714. The van der Waals surface area contributed by atoms with Crippen LogP contribution in [0.3, 0.4) is 0 Å². The van der Waals surface area contributed by atoms with Gasteiger partial charge in [0.1, 0.15) is 0 Å². The van der Waals surface area contributed by atoms with Crippen molar-refractivity contribution in [3.8, 4) is 11.5 Å². The van der Waals surface area contributed by atoms with E-state index in [-0.39, 0.29) is 5.92 Å². The van der Waals surface area contributed by atoms with Crippen LogP contribution in [-0.4, -0.2) is 28.3 Å². The maximum Gasteiger partial charge on any atom is 0.258 e. The zero-order valence-electron chi connectivity index (χ0n) is 10.8. The van der Waals surface area contributed by atoms with Gasteiger partial charge in [-0.05, 0) is 18.6 Å². The van der Waals surface area contributed by atoms with Crippen LogP contribution in [0.25, 0.3) is 22.4 Å². The summed E-state index contributed by atoms with van der Waals surface area (Å²) < 4.78 is 10.8. The van der Waals surface area contributed by atoms with Gasteiger partial charge in [-0.2, -0.15) is 4.98 Å². The van der Waals surface area contributed by atoms with Crippen LogP contribution in [0.5, 0.6) is 0 Å². The van der Waals surface area contributed by atoms with Crippen molar-refractivity contribution >= 4 is 10.9 Å². The number of pyridine rings is 1. The third-order valence-electron chi connectivity index (χ3n) is 3.62. The minimum atomic E-state index is 0.251. The molecule has 0 radical (unpaired) electrons. The van der Waals surface area contributed by atoms with Gasteiger partial charge in [0.2, 0.25) is 0 Å². The first kappa shape index (κ1) is 11.5. The Balaban J connectivity index is 1.79. The molecule has 0 spiro atoms. The molecule has 3 heterocycles. The first-order valence-electron chi connectivity index (χ1n) is 6.67. The Labute approximate surface area is 115 Å². The number of nitrogens with zero attached hydrogens (tertiary/aromatic N) is 3. The Morgan fingerprint density at radius 3 is 3.00 bits per heavy atom. The van der Waals surface area contributed by atoms with Crippen molar-refractivity contribution in [1.82, 2.24) is 15.1 Å². The molecular formula is C15H13N3O2. The third kappa shape index (κ3) is 1.87. The predicted octanol–water partition coefficient (Wildman–Crippen LogP) is 2.79. The van der Waals surface area contributed by atoms with Crippen molar-refractivity contribution in [3.63, 3.8) is 0 Å². The molecule has 0 bridgehead atoms. The summed E-state index contributed by atoms with van der Waals surface area (Å²) in [6.07, 6.45) is 2.72. The van der Waals surface area contributed by atoms with E-state index in [2.05, 4.69) is 15.1 Å². The first-order chi connectivity index (χ1) is 9.92. The second kappa shape index (κ2) is 4.68. The van der Waals surface area contributed by atoms with Crippen LogP contribution in [0.15, 0.2) is 41.1 Å². The summed E-state index contributed by atoms with van der Waals surface area (Å²) in [5.41, 5.74) is 1.85. The highest BCUT2D eigenvalue weighted by atomic mass is 16.5. The van der Waals surface area contributed by atoms with Crippen molar-refractivity contribution in [2.75, 3.05) is 13.2 Å². The van der Waals surface area contributed by atoms with E-state index in [1.807, 2.05) is 30.3 Å². The van der Waals surface area contributed by atoms with Crippen molar-refractivity contribution in [3.05, 3.63) is 42.4 Å². The predicted molar refractivity (Wildman–Crippen MR) is 73.2 cm³/mol. The van der Waals surface area contributed by atoms with E-state index >= 15 is 0 Å². The Morgan fingerprint density at radius 1 is 1.15 bits per heavy atom. The Kier molecular flexibility index (Phi) is 2.70.